The van der Waals surface area contributed by atoms with Crippen LogP contribution >= 0.6 is 11.8 Å². The first-order valence-electron chi connectivity index (χ1n) is 8.74. The minimum absolute atomic E-state index is 0.00203. The van der Waals surface area contributed by atoms with Crippen LogP contribution < -0.4 is 5.56 Å². The molecule has 0 N–H and O–H groups in total. The predicted molar refractivity (Wildman–Crippen MR) is 106 cm³/mol. The molecule has 26 heavy (non-hydrogen) atoms. The molecule has 0 saturated carbocycles. The fourth-order valence-corrected chi connectivity index (χ4v) is 4.18. The summed E-state index contributed by atoms with van der Waals surface area (Å²) in [6.45, 7) is 4.81. The number of aromatic nitrogens is 4. The Morgan fingerprint density at radius 3 is 2.62 bits per heavy atom. The molecule has 4 rings (SSSR count). The van der Waals surface area contributed by atoms with E-state index in [1.807, 2.05) is 34.7 Å². The van der Waals surface area contributed by atoms with Crippen molar-refractivity contribution in [2.75, 3.05) is 0 Å². The van der Waals surface area contributed by atoms with Crippen LogP contribution in [0.15, 0.2) is 58.5 Å². The Hall–Kier alpha value is -2.60. The van der Waals surface area contributed by atoms with E-state index in [-0.39, 0.29) is 5.56 Å². The highest BCUT2D eigenvalue weighted by molar-refractivity contribution is 7.98. The Bertz CT molecular complexity index is 1150. The summed E-state index contributed by atoms with van der Waals surface area (Å²) in [4.78, 5) is 12.8. The van der Waals surface area contributed by atoms with Gasteiger partial charge in [-0.05, 0) is 36.6 Å². The largest absolute Gasteiger partial charge is 0.276 e. The fourth-order valence-electron chi connectivity index (χ4n) is 3.17. The van der Waals surface area contributed by atoms with Gasteiger partial charge >= 0.3 is 0 Å². The van der Waals surface area contributed by atoms with Crippen LogP contribution in [0, 0.1) is 6.92 Å². The number of hydrogen-bond donors (Lipinski definition) is 0. The lowest BCUT2D eigenvalue weighted by Crippen LogP contribution is -2.23. The molecule has 0 atom stereocenters. The van der Waals surface area contributed by atoms with Crippen LogP contribution in [0.25, 0.3) is 16.7 Å². The standard InChI is InChI=1S/C20H20N4OS/c1-3-12-23-18(25)16-10-6-7-11-17(16)24-19(23)21-22-20(24)26-13-15-9-5-4-8-14(15)2/h4-11H,3,12-13H2,1-2H3. The molecule has 0 saturated heterocycles. The van der Waals surface area contributed by atoms with Crippen molar-refractivity contribution in [1.82, 2.24) is 19.2 Å². The molecule has 2 aromatic heterocycles. The summed E-state index contributed by atoms with van der Waals surface area (Å²) in [5, 5.41) is 10.2. The number of aryl methyl sites for hydroxylation is 2. The Labute approximate surface area is 155 Å². The quantitative estimate of drug-likeness (QED) is 0.501. The van der Waals surface area contributed by atoms with Crippen molar-refractivity contribution in [3.8, 4) is 0 Å². The zero-order chi connectivity index (χ0) is 18.1. The summed E-state index contributed by atoms with van der Waals surface area (Å²) in [5.41, 5.74) is 3.40. The average molecular weight is 364 g/mol. The summed E-state index contributed by atoms with van der Waals surface area (Å²) >= 11 is 1.65. The van der Waals surface area contributed by atoms with Crippen LogP contribution in [0.2, 0.25) is 0 Å². The van der Waals surface area contributed by atoms with Crippen LogP contribution in [0.1, 0.15) is 24.5 Å². The second kappa shape index (κ2) is 6.96. The molecule has 0 unspecified atom stereocenters. The molecule has 0 aliphatic carbocycles. The number of benzene rings is 2. The van der Waals surface area contributed by atoms with Gasteiger partial charge in [0, 0.05) is 12.3 Å². The Balaban J connectivity index is 1.86. The van der Waals surface area contributed by atoms with E-state index in [1.165, 1.54) is 11.1 Å². The lowest BCUT2D eigenvalue weighted by atomic mass is 10.1. The Morgan fingerprint density at radius 2 is 1.81 bits per heavy atom. The first-order chi connectivity index (χ1) is 12.7. The molecule has 132 valence electrons. The number of thioether (sulfide) groups is 1. The van der Waals surface area contributed by atoms with Crippen LogP contribution in [0.5, 0.6) is 0 Å². The van der Waals surface area contributed by atoms with E-state index in [2.05, 4.69) is 42.2 Å². The zero-order valence-electron chi connectivity index (χ0n) is 14.8. The van der Waals surface area contributed by atoms with Gasteiger partial charge < -0.3 is 0 Å². The topological polar surface area (TPSA) is 52.2 Å². The first kappa shape index (κ1) is 16.8. The molecule has 0 aliphatic heterocycles. The van der Waals surface area contributed by atoms with Crippen molar-refractivity contribution >= 4 is 28.4 Å². The Kier molecular flexibility index (Phi) is 4.51. The van der Waals surface area contributed by atoms with Crippen molar-refractivity contribution < 1.29 is 0 Å². The van der Waals surface area contributed by atoms with E-state index in [1.54, 1.807) is 16.3 Å². The maximum atomic E-state index is 12.8. The van der Waals surface area contributed by atoms with E-state index in [9.17, 15) is 4.79 Å². The molecule has 0 bridgehead atoms. The number of hydrogen-bond acceptors (Lipinski definition) is 4. The lowest BCUT2D eigenvalue weighted by molar-refractivity contribution is 0.662. The third-order valence-electron chi connectivity index (χ3n) is 4.54. The average Bonchev–Trinajstić information content (AvgIpc) is 3.08. The van der Waals surface area contributed by atoms with E-state index < -0.39 is 0 Å². The second-order valence-electron chi connectivity index (χ2n) is 6.31. The van der Waals surface area contributed by atoms with Crippen LogP contribution in [-0.2, 0) is 12.3 Å². The van der Waals surface area contributed by atoms with Crippen molar-refractivity contribution in [2.24, 2.45) is 0 Å². The monoisotopic (exact) mass is 364 g/mol. The maximum absolute atomic E-state index is 12.8. The number of rotatable bonds is 5. The van der Waals surface area contributed by atoms with E-state index in [0.29, 0.717) is 17.7 Å². The normalized spacial score (nSPS) is 11.5. The molecule has 6 heteroatoms. The summed E-state index contributed by atoms with van der Waals surface area (Å²) in [6, 6.07) is 16.0. The van der Waals surface area contributed by atoms with Gasteiger partial charge in [0.15, 0.2) is 5.16 Å². The summed E-state index contributed by atoms with van der Waals surface area (Å²) < 4.78 is 3.74. The Morgan fingerprint density at radius 1 is 1.04 bits per heavy atom. The van der Waals surface area contributed by atoms with Gasteiger partial charge in [-0.1, -0.05) is 55.1 Å². The van der Waals surface area contributed by atoms with Gasteiger partial charge in [-0.15, -0.1) is 10.2 Å². The van der Waals surface area contributed by atoms with Crippen LogP contribution in [-0.4, -0.2) is 19.2 Å². The van der Waals surface area contributed by atoms with Crippen LogP contribution in [0.3, 0.4) is 0 Å². The van der Waals surface area contributed by atoms with Crippen LogP contribution in [0.4, 0.5) is 0 Å². The van der Waals surface area contributed by atoms with Crippen molar-refractivity contribution in [3.63, 3.8) is 0 Å². The number of nitrogens with zero attached hydrogens (tertiary/aromatic N) is 4. The van der Waals surface area contributed by atoms with E-state index in [0.717, 1.165) is 22.8 Å². The highest BCUT2D eigenvalue weighted by atomic mass is 32.2. The van der Waals surface area contributed by atoms with Gasteiger partial charge in [-0.3, -0.25) is 13.8 Å². The summed E-state index contributed by atoms with van der Waals surface area (Å²) in [7, 11) is 0. The van der Waals surface area contributed by atoms with Gasteiger partial charge in [-0.2, -0.15) is 0 Å². The smallest absolute Gasteiger partial charge is 0.262 e. The van der Waals surface area contributed by atoms with E-state index in [4.69, 9.17) is 0 Å². The lowest BCUT2D eigenvalue weighted by Gasteiger charge is -2.10. The molecule has 0 aliphatic rings. The van der Waals surface area contributed by atoms with Gasteiger partial charge in [0.1, 0.15) is 0 Å². The molecular weight excluding hydrogens is 344 g/mol. The van der Waals surface area contributed by atoms with Gasteiger partial charge in [0.2, 0.25) is 5.78 Å². The SMILES string of the molecule is CCCn1c(=O)c2ccccc2n2c(SCc3ccccc3C)nnc12. The van der Waals surface area contributed by atoms with Gasteiger partial charge in [0.05, 0.1) is 10.9 Å². The molecule has 0 fully saturated rings. The van der Waals surface area contributed by atoms with Crippen molar-refractivity contribution in [1.29, 1.82) is 0 Å². The third-order valence-corrected chi connectivity index (χ3v) is 5.52. The summed E-state index contributed by atoms with van der Waals surface area (Å²) in [5.74, 6) is 1.43. The highest BCUT2D eigenvalue weighted by Gasteiger charge is 2.16. The molecule has 0 amide bonds. The van der Waals surface area contributed by atoms with E-state index >= 15 is 0 Å². The third kappa shape index (κ3) is 2.80. The summed E-state index contributed by atoms with van der Waals surface area (Å²) in [6.07, 6.45) is 0.868. The molecule has 2 aromatic carbocycles. The second-order valence-corrected chi connectivity index (χ2v) is 7.25. The molecule has 0 radical (unpaired) electrons. The van der Waals surface area contributed by atoms with Gasteiger partial charge in [-0.25, -0.2) is 0 Å². The number of fused-ring (bicyclic) bond motifs is 3. The molecule has 5 nitrogen and oxygen atoms in total. The number of para-hydroxylation sites is 1. The predicted octanol–water partition coefficient (Wildman–Crippen LogP) is 4.05. The fraction of sp³-hybridized carbons (Fsp3) is 0.250. The highest BCUT2D eigenvalue weighted by Crippen LogP contribution is 2.25. The molecule has 4 aromatic rings. The van der Waals surface area contributed by atoms with Crippen molar-refractivity contribution in [3.05, 3.63) is 70.0 Å². The zero-order valence-corrected chi connectivity index (χ0v) is 15.7. The molecule has 0 spiro atoms. The van der Waals surface area contributed by atoms with Gasteiger partial charge in [0.25, 0.3) is 5.56 Å². The molecular formula is C20H20N4OS. The minimum Gasteiger partial charge on any atom is -0.276 e. The minimum atomic E-state index is -0.00203. The first-order valence-corrected chi connectivity index (χ1v) is 9.73. The van der Waals surface area contributed by atoms with Crippen molar-refractivity contribution in [2.45, 2.75) is 37.7 Å². The molecule has 2 heterocycles. The maximum Gasteiger partial charge on any atom is 0.262 e.